The molecule has 0 radical (unpaired) electrons. The second-order valence-electron chi connectivity index (χ2n) is 7.10. The Morgan fingerprint density at radius 2 is 1.68 bits per heavy atom. The Balaban J connectivity index is 1.67. The van der Waals surface area contributed by atoms with Crippen LogP contribution in [0.1, 0.15) is 16.3 Å². The zero-order valence-corrected chi connectivity index (χ0v) is 16.6. The summed E-state index contributed by atoms with van der Waals surface area (Å²) in [5, 5.41) is 7.49. The summed E-state index contributed by atoms with van der Waals surface area (Å²) in [6.45, 7) is 0. The van der Waals surface area contributed by atoms with E-state index in [0.717, 1.165) is 5.56 Å². The number of nitrogens with zero attached hydrogens (tertiary/aromatic N) is 3. The van der Waals surface area contributed by atoms with E-state index >= 15 is 0 Å². The minimum atomic E-state index is -1.00. The Kier molecular flexibility index (Phi) is 4.55. The van der Waals surface area contributed by atoms with Crippen LogP contribution in [-0.4, -0.2) is 33.7 Å². The lowest BCUT2D eigenvalue weighted by atomic mass is 9.95. The topological polar surface area (TPSA) is 86.1 Å². The van der Waals surface area contributed by atoms with Crippen LogP contribution < -0.4 is 10.1 Å². The Hall–Kier alpha value is -4.26. The Morgan fingerprint density at radius 1 is 0.935 bits per heavy atom. The van der Waals surface area contributed by atoms with Crippen LogP contribution in [0.2, 0.25) is 0 Å². The molecule has 0 saturated carbocycles. The first-order valence-electron chi connectivity index (χ1n) is 9.76. The van der Waals surface area contributed by atoms with Crippen LogP contribution in [0, 0.1) is 0 Å². The summed E-state index contributed by atoms with van der Waals surface area (Å²) in [4.78, 5) is 30.8. The molecule has 1 unspecified atom stereocenters. The summed E-state index contributed by atoms with van der Waals surface area (Å²) in [7, 11) is 1.56. The molecule has 0 fully saturated rings. The van der Waals surface area contributed by atoms with Crippen LogP contribution in [0.15, 0.2) is 79.0 Å². The van der Waals surface area contributed by atoms with Gasteiger partial charge in [0.25, 0.3) is 5.91 Å². The van der Waals surface area contributed by atoms with E-state index < -0.39 is 17.7 Å². The quantitative estimate of drug-likeness (QED) is 0.514. The second kappa shape index (κ2) is 7.53. The summed E-state index contributed by atoms with van der Waals surface area (Å²) >= 11 is 0. The minimum Gasteiger partial charge on any atom is -0.497 e. The highest BCUT2D eigenvalue weighted by molar-refractivity contribution is 6.18. The van der Waals surface area contributed by atoms with Crippen molar-refractivity contribution in [2.75, 3.05) is 12.4 Å². The summed E-state index contributed by atoms with van der Waals surface area (Å²) in [6, 6.07) is 21.9. The highest BCUT2D eigenvalue weighted by atomic mass is 16.5. The van der Waals surface area contributed by atoms with Crippen molar-refractivity contribution in [3.05, 3.63) is 84.6 Å². The van der Waals surface area contributed by atoms with Crippen LogP contribution in [0.25, 0.3) is 22.5 Å². The molecule has 2 aromatic heterocycles. The monoisotopic (exact) mass is 410 g/mol. The van der Waals surface area contributed by atoms with Crippen molar-refractivity contribution in [2.45, 2.75) is 5.92 Å². The van der Waals surface area contributed by atoms with E-state index in [4.69, 9.17) is 4.74 Å². The molecule has 1 aliphatic rings. The molecule has 0 saturated heterocycles. The van der Waals surface area contributed by atoms with Crippen LogP contribution in [0.4, 0.5) is 5.82 Å². The molecule has 1 N–H and O–H groups in total. The van der Waals surface area contributed by atoms with Crippen molar-refractivity contribution in [3.8, 4) is 28.3 Å². The van der Waals surface area contributed by atoms with Gasteiger partial charge in [-0.15, -0.1) is 0 Å². The lowest BCUT2D eigenvalue weighted by Gasteiger charge is -2.23. The second-order valence-corrected chi connectivity index (χ2v) is 7.10. The summed E-state index contributed by atoms with van der Waals surface area (Å²) in [5.74, 6) is -0.809. The maximum atomic E-state index is 13.4. The summed E-state index contributed by atoms with van der Waals surface area (Å²) < 4.78 is 6.45. The van der Waals surface area contributed by atoms with Gasteiger partial charge in [-0.2, -0.15) is 9.78 Å². The van der Waals surface area contributed by atoms with E-state index in [-0.39, 0.29) is 0 Å². The molecule has 7 nitrogen and oxygen atoms in total. The fraction of sp³-hybridized carbons (Fsp3) is 0.0833. The SMILES string of the molecule is COc1ccc(C2C(=O)Nc3c(-c4ccccc4)c(-c4ccccn4)nn3C2=O)cc1. The van der Waals surface area contributed by atoms with Gasteiger partial charge >= 0.3 is 0 Å². The van der Waals surface area contributed by atoms with Gasteiger partial charge in [-0.3, -0.25) is 14.6 Å². The smallest absolute Gasteiger partial charge is 0.265 e. The number of benzene rings is 2. The maximum Gasteiger partial charge on any atom is 0.265 e. The van der Waals surface area contributed by atoms with Gasteiger partial charge in [0.15, 0.2) is 0 Å². The standard InChI is InChI=1S/C24H18N4O3/c1-31-17-12-10-16(11-13-17)20-23(29)26-22-19(15-7-3-2-4-8-15)21(27-28(22)24(20)30)18-9-5-6-14-25-18/h2-14,20H,1H3,(H,26,29). The number of nitrogens with one attached hydrogen (secondary N) is 1. The van der Waals surface area contributed by atoms with E-state index in [9.17, 15) is 9.59 Å². The highest BCUT2D eigenvalue weighted by Gasteiger charge is 2.39. The maximum absolute atomic E-state index is 13.4. The van der Waals surface area contributed by atoms with Gasteiger partial charge in [0, 0.05) is 6.20 Å². The van der Waals surface area contributed by atoms with Crippen molar-refractivity contribution in [3.63, 3.8) is 0 Å². The van der Waals surface area contributed by atoms with Crippen LogP contribution in [0.3, 0.4) is 0 Å². The van der Waals surface area contributed by atoms with E-state index in [2.05, 4.69) is 15.4 Å². The molecule has 0 bridgehead atoms. The summed E-state index contributed by atoms with van der Waals surface area (Å²) in [6.07, 6.45) is 1.67. The molecule has 4 aromatic rings. The van der Waals surface area contributed by atoms with Gasteiger partial charge in [0.05, 0.1) is 18.4 Å². The fourth-order valence-corrected chi connectivity index (χ4v) is 3.77. The number of ether oxygens (including phenoxy) is 1. The van der Waals surface area contributed by atoms with E-state index in [1.165, 1.54) is 4.68 Å². The molecule has 152 valence electrons. The predicted octanol–water partition coefficient (Wildman–Crippen LogP) is 4.00. The predicted molar refractivity (Wildman–Crippen MR) is 116 cm³/mol. The normalized spacial score (nSPS) is 15.3. The van der Waals surface area contributed by atoms with E-state index in [1.807, 2.05) is 48.5 Å². The molecule has 1 amide bonds. The molecular weight excluding hydrogens is 392 g/mol. The van der Waals surface area contributed by atoms with Crippen molar-refractivity contribution >= 4 is 17.6 Å². The van der Waals surface area contributed by atoms with Gasteiger partial charge in [-0.25, -0.2) is 0 Å². The number of methoxy groups -OCH3 is 1. The van der Waals surface area contributed by atoms with Gasteiger partial charge < -0.3 is 10.1 Å². The average Bonchev–Trinajstić information content (AvgIpc) is 3.20. The van der Waals surface area contributed by atoms with E-state index in [1.54, 1.807) is 37.6 Å². The van der Waals surface area contributed by atoms with Gasteiger partial charge in [0.1, 0.15) is 23.2 Å². The van der Waals surface area contributed by atoms with E-state index in [0.29, 0.717) is 34.1 Å². The van der Waals surface area contributed by atoms with Gasteiger partial charge in [-0.05, 0) is 35.4 Å². The van der Waals surface area contributed by atoms with Crippen molar-refractivity contribution in [1.82, 2.24) is 14.8 Å². The largest absolute Gasteiger partial charge is 0.497 e. The number of hydrogen-bond acceptors (Lipinski definition) is 5. The number of aromatic nitrogens is 3. The molecule has 0 aliphatic carbocycles. The number of carbonyl (C=O) groups is 2. The Bertz CT molecular complexity index is 1270. The molecule has 3 heterocycles. The molecule has 31 heavy (non-hydrogen) atoms. The molecule has 1 atom stereocenters. The lowest BCUT2D eigenvalue weighted by molar-refractivity contribution is -0.117. The first-order valence-corrected chi connectivity index (χ1v) is 9.76. The average molecular weight is 410 g/mol. The third-order valence-electron chi connectivity index (χ3n) is 5.26. The Labute approximate surface area is 178 Å². The third-order valence-corrected chi connectivity index (χ3v) is 5.26. The minimum absolute atomic E-state index is 0.353. The molecular formula is C24H18N4O3. The zero-order valence-electron chi connectivity index (χ0n) is 16.6. The fourth-order valence-electron chi connectivity index (χ4n) is 3.77. The number of rotatable bonds is 4. The van der Waals surface area contributed by atoms with Crippen molar-refractivity contribution in [2.24, 2.45) is 0 Å². The molecule has 7 heteroatoms. The first-order chi connectivity index (χ1) is 15.2. The number of anilines is 1. The molecule has 0 spiro atoms. The summed E-state index contributed by atoms with van der Waals surface area (Å²) in [5.41, 5.74) is 3.22. The number of pyridine rings is 1. The van der Waals surface area contributed by atoms with Crippen LogP contribution in [0.5, 0.6) is 5.75 Å². The molecule has 2 aromatic carbocycles. The molecule has 1 aliphatic heterocycles. The van der Waals surface area contributed by atoms with Crippen LogP contribution >= 0.6 is 0 Å². The molecule has 5 rings (SSSR count). The lowest BCUT2D eigenvalue weighted by Crippen LogP contribution is -2.38. The highest BCUT2D eigenvalue weighted by Crippen LogP contribution is 2.40. The zero-order chi connectivity index (χ0) is 21.4. The third kappa shape index (κ3) is 3.16. The number of carbonyl (C=O) groups excluding carboxylic acids is 2. The number of amides is 1. The van der Waals surface area contributed by atoms with Crippen molar-refractivity contribution < 1.29 is 14.3 Å². The van der Waals surface area contributed by atoms with Crippen molar-refractivity contribution in [1.29, 1.82) is 0 Å². The van der Waals surface area contributed by atoms with Gasteiger partial charge in [0.2, 0.25) is 5.91 Å². The van der Waals surface area contributed by atoms with Gasteiger partial charge in [-0.1, -0.05) is 48.5 Å². The van der Waals surface area contributed by atoms with Crippen LogP contribution in [-0.2, 0) is 4.79 Å². The first kappa shape index (κ1) is 18.7. The Morgan fingerprint density at radius 3 is 2.35 bits per heavy atom. The number of hydrogen-bond donors (Lipinski definition) is 1. The number of fused-ring (bicyclic) bond motifs is 1.